The molecular formula is C39H41N3O8. The van der Waals surface area contributed by atoms with Gasteiger partial charge in [-0.3, -0.25) is 19.3 Å². The van der Waals surface area contributed by atoms with E-state index in [1.165, 1.54) is 0 Å². The van der Waals surface area contributed by atoms with E-state index in [-0.39, 0.29) is 37.9 Å². The number of esters is 1. The van der Waals surface area contributed by atoms with Gasteiger partial charge in [-0.05, 0) is 47.8 Å². The number of hydrogen-bond acceptors (Lipinski definition) is 9. The zero-order chi connectivity index (χ0) is 34.7. The fraction of sp³-hybridized carbons (Fsp3) is 0.410. The Labute approximate surface area is 291 Å². The second-order valence-corrected chi connectivity index (χ2v) is 13.4. The van der Waals surface area contributed by atoms with E-state index in [1.54, 1.807) is 4.90 Å². The number of hydrogen-bond donors (Lipinski definition) is 0. The van der Waals surface area contributed by atoms with E-state index >= 15 is 0 Å². The summed E-state index contributed by atoms with van der Waals surface area (Å²) >= 11 is 0. The maximum absolute atomic E-state index is 13.0. The van der Waals surface area contributed by atoms with Crippen LogP contribution in [0.25, 0.3) is 0 Å². The average molecular weight is 680 g/mol. The van der Waals surface area contributed by atoms with Gasteiger partial charge in [0.25, 0.3) is 11.8 Å². The fourth-order valence-corrected chi connectivity index (χ4v) is 8.58. The highest BCUT2D eigenvalue weighted by atomic mass is 16.7. The van der Waals surface area contributed by atoms with Crippen molar-refractivity contribution in [1.29, 1.82) is 0 Å². The van der Waals surface area contributed by atoms with Crippen LogP contribution in [-0.4, -0.2) is 84.1 Å². The summed E-state index contributed by atoms with van der Waals surface area (Å²) in [4.78, 5) is 72.2. The van der Waals surface area contributed by atoms with Crippen LogP contribution in [0.1, 0.15) is 48.8 Å². The third-order valence-electron chi connectivity index (χ3n) is 10.8. The third-order valence-corrected chi connectivity index (χ3v) is 10.8. The van der Waals surface area contributed by atoms with Crippen molar-refractivity contribution in [2.45, 2.75) is 37.6 Å². The summed E-state index contributed by atoms with van der Waals surface area (Å²) in [5.41, 5.74) is 2.83. The molecule has 3 amide bonds. The number of carbonyl (C=O) groups excluding carboxylic acids is 5. The highest BCUT2D eigenvalue weighted by molar-refractivity contribution is 6.05. The van der Waals surface area contributed by atoms with Crippen LogP contribution >= 0.6 is 0 Å². The minimum atomic E-state index is -0.850. The Kier molecular flexibility index (Phi) is 9.67. The first kappa shape index (κ1) is 33.5. The molecular weight excluding hydrogens is 638 g/mol. The lowest BCUT2D eigenvalue weighted by atomic mass is 9.75. The van der Waals surface area contributed by atoms with E-state index in [1.807, 2.05) is 54.6 Å². The lowest BCUT2D eigenvalue weighted by Gasteiger charge is -2.48. The first-order valence-electron chi connectivity index (χ1n) is 17.5. The average Bonchev–Trinajstić information content (AvgIpc) is 3.85. The number of nitrogens with zero attached hydrogens (tertiary/aromatic N) is 3. The predicted octanol–water partition coefficient (Wildman–Crippen LogP) is 4.55. The molecule has 4 atom stereocenters. The zero-order valence-corrected chi connectivity index (χ0v) is 27.9. The van der Waals surface area contributed by atoms with Crippen LogP contribution in [0.5, 0.6) is 0 Å². The maximum Gasteiger partial charge on any atom is 0.409 e. The lowest BCUT2D eigenvalue weighted by Crippen LogP contribution is -2.57. The van der Waals surface area contributed by atoms with Crippen molar-refractivity contribution in [2.24, 2.45) is 23.7 Å². The molecule has 2 bridgehead atoms. The van der Waals surface area contributed by atoms with E-state index in [4.69, 9.17) is 14.3 Å². The monoisotopic (exact) mass is 679 g/mol. The fourth-order valence-electron chi connectivity index (χ4n) is 8.58. The Morgan fingerprint density at radius 2 is 1.08 bits per heavy atom. The summed E-state index contributed by atoms with van der Waals surface area (Å²) in [5.74, 6) is -2.86. The van der Waals surface area contributed by atoms with Gasteiger partial charge < -0.3 is 19.2 Å². The first-order valence-corrected chi connectivity index (χ1v) is 17.5. The van der Waals surface area contributed by atoms with Crippen molar-refractivity contribution in [1.82, 2.24) is 14.9 Å². The molecule has 2 saturated heterocycles. The largest absolute Gasteiger partial charge is 0.462 e. The number of ether oxygens (including phenoxy) is 2. The van der Waals surface area contributed by atoms with E-state index in [0.29, 0.717) is 31.2 Å². The van der Waals surface area contributed by atoms with Crippen molar-refractivity contribution >= 4 is 29.8 Å². The van der Waals surface area contributed by atoms with Crippen molar-refractivity contribution in [3.63, 3.8) is 0 Å². The van der Waals surface area contributed by atoms with Gasteiger partial charge in [0, 0.05) is 26.2 Å². The Bertz CT molecular complexity index is 1590. The van der Waals surface area contributed by atoms with Crippen LogP contribution in [-0.2, 0) is 39.0 Å². The minimum Gasteiger partial charge on any atom is -0.462 e. The van der Waals surface area contributed by atoms with Gasteiger partial charge in [0.2, 0.25) is 0 Å². The van der Waals surface area contributed by atoms with Gasteiger partial charge in [-0.2, -0.15) is 0 Å². The van der Waals surface area contributed by atoms with Gasteiger partial charge in [-0.25, -0.2) is 9.59 Å². The van der Waals surface area contributed by atoms with Crippen LogP contribution in [0.4, 0.5) is 4.79 Å². The standard InChI is InChI=1S/C39H41N3O8/c43-32(18-19-33(44)50-42-36(45)34-27-16-17-28(26-27)35(34)37(42)46)48-24-25-49-38(47)40-20-22-41(23-21-40)39(29-10-4-1-5-11-29,30-12-6-2-7-13-30)31-14-8-3-9-15-31/h1-15,27-28,34-35H,16-26H2. The van der Waals surface area contributed by atoms with E-state index in [9.17, 15) is 24.0 Å². The summed E-state index contributed by atoms with van der Waals surface area (Å²) in [6, 6.07) is 31.2. The molecule has 260 valence electrons. The molecule has 0 spiro atoms. The highest BCUT2D eigenvalue weighted by Crippen LogP contribution is 2.56. The molecule has 2 aliphatic heterocycles. The van der Waals surface area contributed by atoms with Crippen molar-refractivity contribution in [3.8, 4) is 0 Å². The Balaban J connectivity index is 0.876. The number of benzene rings is 3. The molecule has 0 radical (unpaired) electrons. The van der Waals surface area contributed by atoms with Crippen LogP contribution < -0.4 is 0 Å². The van der Waals surface area contributed by atoms with Gasteiger partial charge in [0.1, 0.15) is 13.2 Å². The topological polar surface area (TPSA) is 123 Å². The summed E-state index contributed by atoms with van der Waals surface area (Å²) in [6.07, 6.45) is 1.58. The number of fused-ring (bicyclic) bond motifs is 5. The number of hydroxylamine groups is 2. The van der Waals surface area contributed by atoms with Gasteiger partial charge in [0.15, 0.2) is 0 Å². The van der Waals surface area contributed by atoms with Gasteiger partial charge >= 0.3 is 18.0 Å². The predicted molar refractivity (Wildman–Crippen MR) is 180 cm³/mol. The Morgan fingerprint density at radius 1 is 0.620 bits per heavy atom. The molecule has 4 unspecified atom stereocenters. The number of carbonyl (C=O) groups is 5. The number of rotatable bonds is 11. The Hall–Kier alpha value is -5.03. The molecule has 3 aromatic rings. The molecule has 2 heterocycles. The van der Waals surface area contributed by atoms with Crippen LogP contribution in [0.3, 0.4) is 0 Å². The normalized spacial score (nSPS) is 23.1. The van der Waals surface area contributed by atoms with E-state index in [2.05, 4.69) is 41.3 Å². The number of piperazine rings is 1. The molecule has 0 aromatic heterocycles. The van der Waals surface area contributed by atoms with Gasteiger partial charge in [-0.1, -0.05) is 91.0 Å². The first-order chi connectivity index (χ1) is 24.4. The molecule has 50 heavy (non-hydrogen) atoms. The molecule has 0 N–H and O–H groups in total. The molecule has 7 rings (SSSR count). The summed E-state index contributed by atoms with van der Waals surface area (Å²) in [7, 11) is 0. The highest BCUT2D eigenvalue weighted by Gasteiger charge is 2.62. The van der Waals surface area contributed by atoms with Crippen molar-refractivity contribution in [3.05, 3.63) is 108 Å². The quantitative estimate of drug-likeness (QED) is 0.124. The van der Waals surface area contributed by atoms with Gasteiger partial charge in [-0.15, -0.1) is 5.06 Å². The SMILES string of the molecule is O=C(CCC(=O)ON1C(=O)C2C3CCC(C3)C2C1=O)OCCOC(=O)N1CCN(C(c2ccccc2)(c2ccccc2)c2ccccc2)CC1. The number of amides is 3. The lowest BCUT2D eigenvalue weighted by molar-refractivity contribution is -0.199. The van der Waals surface area contributed by atoms with Crippen molar-refractivity contribution in [2.75, 3.05) is 39.4 Å². The molecule has 11 nitrogen and oxygen atoms in total. The molecule has 2 aliphatic carbocycles. The smallest absolute Gasteiger partial charge is 0.409 e. The molecule has 4 fully saturated rings. The van der Waals surface area contributed by atoms with Gasteiger partial charge in [0.05, 0.1) is 30.2 Å². The maximum atomic E-state index is 13.0. The molecule has 4 aliphatic rings. The van der Waals surface area contributed by atoms with E-state index < -0.39 is 47.2 Å². The van der Waals surface area contributed by atoms with Crippen molar-refractivity contribution < 1.29 is 38.3 Å². The van der Waals surface area contributed by atoms with Crippen LogP contribution in [0.15, 0.2) is 91.0 Å². The summed E-state index contributed by atoms with van der Waals surface area (Å²) < 4.78 is 10.6. The number of imide groups is 1. The van der Waals surface area contributed by atoms with E-state index in [0.717, 1.165) is 36.0 Å². The molecule has 3 aromatic carbocycles. The third kappa shape index (κ3) is 6.26. The van der Waals surface area contributed by atoms with Crippen LogP contribution in [0.2, 0.25) is 0 Å². The molecule has 2 saturated carbocycles. The minimum absolute atomic E-state index is 0.140. The second-order valence-electron chi connectivity index (χ2n) is 13.4. The molecule has 11 heteroatoms. The second kappa shape index (κ2) is 14.4. The Morgan fingerprint density at radius 3 is 1.58 bits per heavy atom. The zero-order valence-electron chi connectivity index (χ0n) is 27.9. The summed E-state index contributed by atoms with van der Waals surface area (Å²) in [6.45, 7) is 1.76. The van der Waals surface area contributed by atoms with Crippen LogP contribution in [0, 0.1) is 23.7 Å². The summed E-state index contributed by atoms with van der Waals surface area (Å²) in [5, 5.41) is 0.609.